The number of benzene rings is 1. The molecule has 0 saturated heterocycles. The van der Waals surface area contributed by atoms with Gasteiger partial charge in [0, 0.05) is 7.05 Å². The van der Waals surface area contributed by atoms with E-state index in [4.69, 9.17) is 16.7 Å². The van der Waals surface area contributed by atoms with Crippen molar-refractivity contribution in [3.8, 4) is 0 Å². The zero-order chi connectivity index (χ0) is 15.7. The van der Waals surface area contributed by atoms with Gasteiger partial charge in [0.1, 0.15) is 6.54 Å². The highest BCUT2D eigenvalue weighted by molar-refractivity contribution is 7.89. The summed E-state index contributed by atoms with van der Waals surface area (Å²) >= 11 is 5.69. The Labute approximate surface area is 118 Å². The third kappa shape index (κ3) is 4.36. The van der Waals surface area contributed by atoms with Gasteiger partial charge < -0.3 is 4.90 Å². The predicted molar refractivity (Wildman–Crippen MR) is 65.8 cm³/mol. The molecule has 0 saturated carbocycles. The molecule has 1 aromatic rings. The van der Waals surface area contributed by atoms with E-state index in [0.717, 1.165) is 25.2 Å². The summed E-state index contributed by atoms with van der Waals surface area (Å²) in [6.45, 7) is -1.48. The number of alkyl halides is 3. The fraction of sp³-hybridized carbons (Fsp3) is 0.300. The van der Waals surface area contributed by atoms with E-state index in [1.54, 1.807) is 0 Å². The third-order valence-corrected chi connectivity index (χ3v) is 3.50. The van der Waals surface area contributed by atoms with Gasteiger partial charge in [0.2, 0.25) is 10.0 Å². The number of sulfonamides is 1. The second-order valence-corrected chi connectivity index (χ2v) is 5.93. The highest BCUT2D eigenvalue weighted by Crippen LogP contribution is 2.23. The Balaban J connectivity index is 3.16. The topological polar surface area (TPSA) is 80.5 Å². The largest absolute Gasteiger partial charge is 0.406 e. The minimum Gasteiger partial charge on any atom is -0.333 e. The maximum atomic E-state index is 12.2. The van der Waals surface area contributed by atoms with Crippen molar-refractivity contribution in [2.45, 2.75) is 11.1 Å². The maximum absolute atomic E-state index is 12.2. The Bertz CT molecular complexity index is 631. The summed E-state index contributed by atoms with van der Waals surface area (Å²) in [5.41, 5.74) is -0.370. The van der Waals surface area contributed by atoms with Crippen LogP contribution in [0.4, 0.5) is 13.2 Å². The number of carbonyl (C=O) groups excluding carboxylic acids is 1. The second-order valence-electron chi connectivity index (χ2n) is 3.96. The molecule has 1 amide bonds. The number of nitrogens with two attached hydrogens (primary N) is 1. The van der Waals surface area contributed by atoms with Crippen molar-refractivity contribution in [2.75, 3.05) is 13.6 Å². The van der Waals surface area contributed by atoms with Crippen molar-refractivity contribution in [1.29, 1.82) is 0 Å². The fourth-order valence-electron chi connectivity index (χ4n) is 1.39. The van der Waals surface area contributed by atoms with Crippen LogP contribution in [0, 0.1) is 0 Å². The first-order chi connectivity index (χ1) is 8.92. The zero-order valence-corrected chi connectivity index (χ0v) is 11.7. The maximum Gasteiger partial charge on any atom is 0.406 e. The quantitative estimate of drug-likeness (QED) is 0.914. The van der Waals surface area contributed by atoms with Crippen molar-refractivity contribution in [1.82, 2.24) is 4.90 Å². The van der Waals surface area contributed by atoms with Crippen molar-refractivity contribution >= 4 is 27.5 Å². The highest BCUT2D eigenvalue weighted by atomic mass is 35.5. The van der Waals surface area contributed by atoms with Crippen LogP contribution in [0.1, 0.15) is 10.4 Å². The van der Waals surface area contributed by atoms with Crippen LogP contribution in [0.3, 0.4) is 0 Å². The molecule has 0 fully saturated rings. The smallest absolute Gasteiger partial charge is 0.333 e. The number of halogens is 4. The molecule has 0 unspecified atom stereocenters. The molecule has 10 heteroatoms. The predicted octanol–water partition coefficient (Wildman–Crippen LogP) is 1.62. The Morgan fingerprint density at radius 1 is 1.40 bits per heavy atom. The summed E-state index contributed by atoms with van der Waals surface area (Å²) in [4.78, 5) is 11.8. The van der Waals surface area contributed by atoms with Gasteiger partial charge in [-0.25, -0.2) is 13.6 Å². The average molecular weight is 331 g/mol. The molecular formula is C10H10ClF3N2O3S. The van der Waals surface area contributed by atoms with E-state index in [-0.39, 0.29) is 10.6 Å². The molecule has 0 aliphatic carbocycles. The Kier molecular flexibility index (Phi) is 4.67. The van der Waals surface area contributed by atoms with Gasteiger partial charge in [-0.15, -0.1) is 0 Å². The van der Waals surface area contributed by atoms with Gasteiger partial charge in [-0.05, 0) is 18.2 Å². The van der Waals surface area contributed by atoms with E-state index in [1.165, 1.54) is 0 Å². The molecule has 1 rings (SSSR count). The number of rotatable bonds is 3. The summed E-state index contributed by atoms with van der Waals surface area (Å²) in [6.07, 6.45) is -4.57. The van der Waals surface area contributed by atoms with Crippen LogP contribution in [0.25, 0.3) is 0 Å². The Morgan fingerprint density at radius 3 is 2.40 bits per heavy atom. The normalized spacial score (nSPS) is 12.3. The monoisotopic (exact) mass is 330 g/mol. The molecule has 0 aliphatic heterocycles. The average Bonchev–Trinajstić information content (AvgIpc) is 2.24. The number of nitrogens with zero attached hydrogens (tertiary/aromatic N) is 1. The summed E-state index contributed by atoms with van der Waals surface area (Å²) in [5, 5.41) is 4.71. The minimum atomic E-state index is -4.57. The molecule has 0 atom stereocenters. The van der Waals surface area contributed by atoms with Gasteiger partial charge in [0.05, 0.1) is 15.5 Å². The number of amides is 1. The van der Waals surface area contributed by atoms with E-state index in [9.17, 15) is 26.4 Å². The van der Waals surface area contributed by atoms with Crippen LogP contribution in [0.5, 0.6) is 0 Å². The van der Waals surface area contributed by atoms with Gasteiger partial charge in [0.25, 0.3) is 5.91 Å². The van der Waals surface area contributed by atoms with Crippen molar-refractivity contribution in [2.24, 2.45) is 5.14 Å². The summed E-state index contributed by atoms with van der Waals surface area (Å²) < 4.78 is 58.9. The lowest BCUT2D eigenvalue weighted by Gasteiger charge is -2.19. The van der Waals surface area contributed by atoms with Crippen LogP contribution >= 0.6 is 11.6 Å². The van der Waals surface area contributed by atoms with E-state index in [1.807, 2.05) is 0 Å². The number of primary sulfonamides is 1. The summed E-state index contributed by atoms with van der Waals surface area (Å²) in [5.74, 6) is -1.06. The molecule has 1 aromatic carbocycles. The number of hydrogen-bond acceptors (Lipinski definition) is 3. The van der Waals surface area contributed by atoms with Crippen LogP contribution in [-0.2, 0) is 10.0 Å². The fourth-order valence-corrected chi connectivity index (χ4v) is 2.13. The number of carbonyl (C=O) groups is 1. The Hall–Kier alpha value is -1.32. The standard InChI is InChI=1S/C10H10ClF3N2O3S/c1-16(5-10(12,13)14)9(17)7-4-6(20(15,18)19)2-3-8(7)11/h2-4H,5H2,1H3,(H2,15,18,19). The lowest BCUT2D eigenvalue weighted by molar-refractivity contribution is -0.138. The van der Waals surface area contributed by atoms with E-state index < -0.39 is 33.5 Å². The molecule has 0 bridgehead atoms. The molecule has 0 radical (unpaired) electrons. The minimum absolute atomic E-state index is 0.170. The van der Waals surface area contributed by atoms with E-state index >= 15 is 0 Å². The summed E-state index contributed by atoms with van der Waals surface area (Å²) in [7, 11) is -3.16. The van der Waals surface area contributed by atoms with Gasteiger partial charge in [-0.1, -0.05) is 11.6 Å². The molecule has 0 spiro atoms. The first-order valence-electron chi connectivity index (χ1n) is 5.06. The van der Waals surface area contributed by atoms with Gasteiger partial charge >= 0.3 is 6.18 Å². The lowest BCUT2D eigenvalue weighted by atomic mass is 10.2. The van der Waals surface area contributed by atoms with Gasteiger partial charge in [-0.2, -0.15) is 13.2 Å². The van der Waals surface area contributed by atoms with Crippen LogP contribution in [-0.4, -0.2) is 39.0 Å². The van der Waals surface area contributed by atoms with Gasteiger partial charge in [0.15, 0.2) is 0 Å². The van der Waals surface area contributed by atoms with E-state index in [0.29, 0.717) is 4.90 Å². The first kappa shape index (κ1) is 16.7. The molecule has 0 aliphatic rings. The molecule has 112 valence electrons. The van der Waals surface area contributed by atoms with Gasteiger partial charge in [-0.3, -0.25) is 4.79 Å². The third-order valence-electron chi connectivity index (χ3n) is 2.26. The summed E-state index contributed by atoms with van der Waals surface area (Å²) in [6, 6.07) is 2.97. The highest BCUT2D eigenvalue weighted by Gasteiger charge is 2.32. The van der Waals surface area contributed by atoms with Crippen LogP contribution < -0.4 is 5.14 Å². The molecule has 20 heavy (non-hydrogen) atoms. The lowest BCUT2D eigenvalue weighted by Crippen LogP contribution is -2.36. The molecule has 2 N–H and O–H groups in total. The SMILES string of the molecule is CN(CC(F)(F)F)C(=O)c1cc(S(N)(=O)=O)ccc1Cl. The molecule has 5 nitrogen and oxygen atoms in total. The van der Waals surface area contributed by atoms with Crippen molar-refractivity contribution in [3.63, 3.8) is 0 Å². The molecule has 0 aromatic heterocycles. The van der Waals surface area contributed by atoms with Crippen molar-refractivity contribution in [3.05, 3.63) is 28.8 Å². The van der Waals surface area contributed by atoms with E-state index in [2.05, 4.69) is 0 Å². The van der Waals surface area contributed by atoms with Crippen LogP contribution in [0.2, 0.25) is 5.02 Å². The first-order valence-corrected chi connectivity index (χ1v) is 6.99. The van der Waals surface area contributed by atoms with Crippen molar-refractivity contribution < 1.29 is 26.4 Å². The number of hydrogen-bond donors (Lipinski definition) is 1. The Morgan fingerprint density at radius 2 is 1.95 bits per heavy atom. The molecular weight excluding hydrogens is 321 g/mol. The molecule has 0 heterocycles. The second kappa shape index (κ2) is 5.58. The zero-order valence-electron chi connectivity index (χ0n) is 10.1. The van der Waals surface area contributed by atoms with Crippen LogP contribution in [0.15, 0.2) is 23.1 Å².